The molecule has 0 saturated carbocycles. The van der Waals surface area contributed by atoms with Gasteiger partial charge in [0.1, 0.15) is 5.82 Å². The lowest BCUT2D eigenvalue weighted by Gasteiger charge is -2.14. The van der Waals surface area contributed by atoms with E-state index in [1.165, 1.54) is 31.0 Å². The number of hydrogen-bond acceptors (Lipinski definition) is 4. The molecule has 0 unspecified atom stereocenters. The summed E-state index contributed by atoms with van der Waals surface area (Å²) >= 11 is 7.05. The fraction of sp³-hybridized carbons (Fsp3) is 0.235. The summed E-state index contributed by atoms with van der Waals surface area (Å²) in [4.78, 5) is 13.0. The number of benzene rings is 2. The molecule has 1 amide bonds. The van der Waals surface area contributed by atoms with Crippen LogP contribution in [-0.4, -0.2) is 25.4 Å². The van der Waals surface area contributed by atoms with E-state index in [0.29, 0.717) is 17.2 Å². The summed E-state index contributed by atoms with van der Waals surface area (Å²) in [6.07, 6.45) is 0. The van der Waals surface area contributed by atoms with Gasteiger partial charge in [-0.15, -0.1) is 11.8 Å². The molecule has 0 spiro atoms. The first-order valence-corrected chi connectivity index (χ1v) is 8.35. The quantitative estimate of drug-likeness (QED) is 0.755. The minimum absolute atomic E-state index is 0.0347. The van der Waals surface area contributed by atoms with E-state index in [2.05, 4.69) is 5.32 Å². The number of halogens is 2. The summed E-state index contributed by atoms with van der Waals surface area (Å²) in [6, 6.07) is 9.50. The predicted octanol–water partition coefficient (Wildman–Crippen LogP) is 4.62. The second-order valence-corrected chi connectivity index (χ2v) is 6.72. The number of thioether (sulfide) groups is 1. The van der Waals surface area contributed by atoms with Gasteiger partial charge in [-0.1, -0.05) is 11.6 Å². The van der Waals surface area contributed by atoms with Gasteiger partial charge < -0.3 is 14.8 Å². The van der Waals surface area contributed by atoms with Gasteiger partial charge in [-0.3, -0.25) is 4.79 Å². The maximum Gasteiger partial charge on any atom is 0.237 e. The van der Waals surface area contributed by atoms with E-state index in [9.17, 15) is 9.18 Å². The van der Waals surface area contributed by atoms with Crippen LogP contribution in [0.4, 0.5) is 10.1 Å². The van der Waals surface area contributed by atoms with E-state index < -0.39 is 5.82 Å². The number of ether oxygens (including phenoxy) is 2. The Kier molecular flexibility index (Phi) is 6.34. The number of hydrogen-bond donors (Lipinski definition) is 1. The Balaban J connectivity index is 2.04. The van der Waals surface area contributed by atoms with Gasteiger partial charge in [-0.05, 0) is 37.3 Å². The molecule has 0 aliphatic heterocycles. The zero-order valence-electron chi connectivity index (χ0n) is 13.4. The number of rotatable bonds is 6. The fourth-order valence-electron chi connectivity index (χ4n) is 1.97. The summed E-state index contributed by atoms with van der Waals surface area (Å²) in [5.41, 5.74) is 0.599. The highest BCUT2D eigenvalue weighted by Gasteiger charge is 2.16. The van der Waals surface area contributed by atoms with Crippen molar-refractivity contribution in [3.05, 3.63) is 47.2 Å². The monoisotopic (exact) mass is 369 g/mol. The van der Waals surface area contributed by atoms with Crippen molar-refractivity contribution < 1.29 is 18.7 Å². The van der Waals surface area contributed by atoms with Gasteiger partial charge in [-0.25, -0.2) is 4.39 Å². The minimum Gasteiger partial charge on any atom is -0.493 e. The Labute approximate surface area is 149 Å². The minimum atomic E-state index is -0.483. The number of amides is 1. The molecule has 128 valence electrons. The van der Waals surface area contributed by atoms with Gasteiger partial charge >= 0.3 is 0 Å². The zero-order chi connectivity index (χ0) is 17.7. The summed E-state index contributed by atoms with van der Waals surface area (Å²) in [5, 5.41) is 2.46. The lowest BCUT2D eigenvalue weighted by atomic mass is 10.2. The van der Waals surface area contributed by atoms with Crippen molar-refractivity contribution in [2.45, 2.75) is 17.1 Å². The van der Waals surface area contributed by atoms with E-state index in [1.54, 1.807) is 38.3 Å². The molecule has 0 heterocycles. The highest BCUT2D eigenvalue weighted by atomic mass is 35.5. The van der Waals surface area contributed by atoms with Crippen LogP contribution < -0.4 is 14.8 Å². The molecule has 24 heavy (non-hydrogen) atoms. The Morgan fingerprint density at radius 2 is 1.88 bits per heavy atom. The zero-order valence-corrected chi connectivity index (χ0v) is 15.0. The van der Waals surface area contributed by atoms with Gasteiger partial charge in [0.05, 0.1) is 24.5 Å². The number of methoxy groups -OCH3 is 2. The Morgan fingerprint density at radius 1 is 1.17 bits per heavy atom. The summed E-state index contributed by atoms with van der Waals surface area (Å²) in [5.74, 6) is 0.441. The number of anilines is 1. The molecule has 2 aromatic rings. The molecule has 1 N–H and O–H groups in total. The average Bonchev–Trinajstić information content (AvgIpc) is 2.57. The van der Waals surface area contributed by atoms with E-state index in [-0.39, 0.29) is 16.2 Å². The third-order valence-electron chi connectivity index (χ3n) is 3.22. The van der Waals surface area contributed by atoms with Crippen molar-refractivity contribution in [3.63, 3.8) is 0 Å². The summed E-state index contributed by atoms with van der Waals surface area (Å²) in [7, 11) is 3.07. The molecule has 0 saturated heterocycles. The van der Waals surface area contributed by atoms with Crippen molar-refractivity contribution in [3.8, 4) is 11.5 Å². The van der Waals surface area contributed by atoms with Crippen LogP contribution in [0.3, 0.4) is 0 Å². The van der Waals surface area contributed by atoms with E-state index in [4.69, 9.17) is 21.1 Å². The SMILES string of the molecule is COc1ccc(NC(=O)[C@@H](C)Sc2ccc(F)c(Cl)c2)cc1OC. The smallest absolute Gasteiger partial charge is 0.237 e. The summed E-state index contributed by atoms with van der Waals surface area (Å²) < 4.78 is 23.5. The van der Waals surface area contributed by atoms with E-state index in [0.717, 1.165) is 4.90 Å². The number of nitrogens with one attached hydrogen (secondary N) is 1. The molecule has 2 aromatic carbocycles. The molecule has 0 aromatic heterocycles. The van der Waals surface area contributed by atoms with Crippen LogP contribution in [0.2, 0.25) is 5.02 Å². The molecular weight excluding hydrogens is 353 g/mol. The molecule has 2 rings (SSSR count). The Hall–Kier alpha value is -1.92. The first-order chi connectivity index (χ1) is 11.4. The van der Waals surface area contributed by atoms with Crippen LogP contribution in [0.5, 0.6) is 11.5 Å². The van der Waals surface area contributed by atoms with Crippen LogP contribution >= 0.6 is 23.4 Å². The van der Waals surface area contributed by atoms with Crippen molar-refractivity contribution in [2.75, 3.05) is 19.5 Å². The second kappa shape index (κ2) is 8.26. The van der Waals surface area contributed by atoms with Gasteiger partial charge in [0.2, 0.25) is 5.91 Å². The predicted molar refractivity (Wildman–Crippen MR) is 94.9 cm³/mol. The van der Waals surface area contributed by atoms with Gasteiger partial charge in [0.25, 0.3) is 0 Å². The van der Waals surface area contributed by atoms with Crippen molar-refractivity contribution >= 4 is 35.0 Å². The number of carbonyl (C=O) groups excluding carboxylic acids is 1. The third-order valence-corrected chi connectivity index (χ3v) is 4.61. The molecule has 4 nitrogen and oxygen atoms in total. The lowest BCUT2D eigenvalue weighted by Crippen LogP contribution is -2.22. The molecular formula is C17H17ClFNO3S. The average molecular weight is 370 g/mol. The second-order valence-electron chi connectivity index (χ2n) is 4.90. The molecule has 1 atom stereocenters. The summed E-state index contributed by atoms with van der Waals surface area (Å²) in [6.45, 7) is 1.76. The lowest BCUT2D eigenvalue weighted by molar-refractivity contribution is -0.115. The molecule has 0 radical (unpaired) electrons. The first-order valence-electron chi connectivity index (χ1n) is 7.09. The fourth-order valence-corrected chi connectivity index (χ4v) is 3.12. The van der Waals surface area contributed by atoms with E-state index in [1.807, 2.05) is 0 Å². The largest absolute Gasteiger partial charge is 0.493 e. The highest BCUT2D eigenvalue weighted by molar-refractivity contribution is 8.00. The van der Waals surface area contributed by atoms with Crippen LogP contribution in [0.15, 0.2) is 41.3 Å². The first kappa shape index (κ1) is 18.4. The van der Waals surface area contributed by atoms with Crippen LogP contribution in [0, 0.1) is 5.82 Å². The van der Waals surface area contributed by atoms with Gasteiger partial charge in [0, 0.05) is 16.6 Å². The molecule has 7 heteroatoms. The molecule has 0 bridgehead atoms. The Morgan fingerprint density at radius 3 is 2.50 bits per heavy atom. The van der Waals surface area contributed by atoms with Crippen LogP contribution in [0.1, 0.15) is 6.92 Å². The molecule has 0 fully saturated rings. The van der Waals surface area contributed by atoms with E-state index >= 15 is 0 Å². The third kappa shape index (κ3) is 4.55. The van der Waals surface area contributed by atoms with Crippen LogP contribution in [0.25, 0.3) is 0 Å². The topological polar surface area (TPSA) is 47.6 Å². The van der Waals surface area contributed by atoms with Crippen LogP contribution in [-0.2, 0) is 4.79 Å². The van der Waals surface area contributed by atoms with Crippen molar-refractivity contribution in [2.24, 2.45) is 0 Å². The highest BCUT2D eigenvalue weighted by Crippen LogP contribution is 2.31. The maximum absolute atomic E-state index is 13.2. The van der Waals surface area contributed by atoms with Crippen molar-refractivity contribution in [1.29, 1.82) is 0 Å². The van der Waals surface area contributed by atoms with Crippen molar-refractivity contribution in [1.82, 2.24) is 0 Å². The van der Waals surface area contributed by atoms with Gasteiger partial charge in [-0.2, -0.15) is 0 Å². The number of carbonyl (C=O) groups is 1. The molecule has 0 aliphatic rings. The standard InChI is InChI=1S/C17H17ClFNO3S/c1-10(24-12-5-6-14(19)13(18)9-12)17(21)20-11-4-7-15(22-2)16(8-11)23-3/h4-10H,1-3H3,(H,20,21)/t10-/m1/s1. The Bertz CT molecular complexity index is 742. The maximum atomic E-state index is 13.2. The van der Waals surface area contributed by atoms with Gasteiger partial charge in [0.15, 0.2) is 11.5 Å². The molecule has 0 aliphatic carbocycles. The normalized spacial score (nSPS) is 11.7.